The lowest BCUT2D eigenvalue weighted by atomic mass is 10.2. The van der Waals surface area contributed by atoms with Crippen LogP contribution in [0.25, 0.3) is 10.2 Å². The molecule has 0 radical (unpaired) electrons. The molecule has 0 aliphatic rings. The van der Waals surface area contributed by atoms with Crippen LogP contribution in [0.1, 0.15) is 10.4 Å². The Hall–Kier alpha value is -2.19. The zero-order chi connectivity index (χ0) is 18.1. The number of hydrogen-bond donors (Lipinski definition) is 1. The number of nitrogens with zero attached hydrogens (tertiary/aromatic N) is 2. The number of halogens is 1. The van der Waals surface area contributed by atoms with Crippen molar-refractivity contribution in [2.75, 3.05) is 11.1 Å². The highest BCUT2D eigenvalue weighted by Crippen LogP contribution is 2.28. The van der Waals surface area contributed by atoms with Gasteiger partial charge in [0, 0.05) is 17.6 Å². The summed E-state index contributed by atoms with van der Waals surface area (Å²) < 4.78 is 14.3. The highest BCUT2D eigenvalue weighted by molar-refractivity contribution is 7.99. The molecule has 1 aromatic carbocycles. The van der Waals surface area contributed by atoms with Crippen molar-refractivity contribution in [3.05, 3.63) is 50.9 Å². The Morgan fingerprint density at radius 1 is 1.32 bits per heavy atom. The number of hydrogen-bond acceptors (Lipinski definition) is 5. The van der Waals surface area contributed by atoms with Crippen molar-refractivity contribution in [3.63, 3.8) is 0 Å². The van der Waals surface area contributed by atoms with Gasteiger partial charge in [0.1, 0.15) is 10.6 Å². The summed E-state index contributed by atoms with van der Waals surface area (Å²) in [4.78, 5) is 30.9. The van der Waals surface area contributed by atoms with Gasteiger partial charge >= 0.3 is 0 Å². The number of nitrogens with one attached hydrogen (secondary N) is 1. The molecule has 2 heterocycles. The van der Waals surface area contributed by atoms with Gasteiger partial charge in [0.2, 0.25) is 5.91 Å². The van der Waals surface area contributed by atoms with Crippen molar-refractivity contribution >= 4 is 44.9 Å². The number of aryl methyl sites for hydroxylation is 2. The molecule has 0 atom stereocenters. The molecule has 3 aromatic rings. The van der Waals surface area contributed by atoms with E-state index in [0.717, 1.165) is 10.4 Å². The molecule has 2 aromatic heterocycles. The number of benzene rings is 1. The lowest BCUT2D eigenvalue weighted by Gasteiger charge is -2.08. The van der Waals surface area contributed by atoms with Crippen LogP contribution in [0.3, 0.4) is 0 Å². The fraction of sp³-hybridized carbons (Fsp3) is 0.235. The van der Waals surface area contributed by atoms with E-state index in [0.29, 0.717) is 21.1 Å². The highest BCUT2D eigenvalue weighted by atomic mass is 32.2. The number of carbonyl (C=O) groups is 1. The van der Waals surface area contributed by atoms with Gasteiger partial charge < -0.3 is 5.32 Å². The first-order valence-electron chi connectivity index (χ1n) is 7.51. The van der Waals surface area contributed by atoms with Crippen LogP contribution in [0.4, 0.5) is 10.1 Å². The Kier molecular flexibility index (Phi) is 4.91. The Bertz CT molecular complexity index is 1010. The first-order valence-corrected chi connectivity index (χ1v) is 9.32. The minimum atomic E-state index is -0.360. The lowest BCUT2D eigenvalue weighted by molar-refractivity contribution is -0.113. The smallest absolute Gasteiger partial charge is 0.262 e. The van der Waals surface area contributed by atoms with Crippen molar-refractivity contribution in [2.45, 2.75) is 19.0 Å². The van der Waals surface area contributed by atoms with E-state index in [1.807, 2.05) is 13.8 Å². The Balaban J connectivity index is 1.77. The molecule has 130 valence electrons. The van der Waals surface area contributed by atoms with Crippen LogP contribution in [0.5, 0.6) is 0 Å². The Labute approximate surface area is 151 Å². The van der Waals surface area contributed by atoms with Crippen LogP contribution in [0.15, 0.2) is 34.2 Å². The van der Waals surface area contributed by atoms with Crippen LogP contribution in [0, 0.1) is 19.7 Å². The standard InChI is InChI=1S/C17H16FN3O2S2/c1-9-10(2)25-15-14(9)16(23)21(3)17(20-15)24-8-13(22)19-12-6-4-11(18)5-7-12/h4-7H,8H2,1-3H3,(H,19,22). The monoisotopic (exact) mass is 377 g/mol. The SMILES string of the molecule is Cc1sc2nc(SCC(=O)Nc3ccc(F)cc3)n(C)c(=O)c2c1C. The van der Waals surface area contributed by atoms with Crippen molar-refractivity contribution in [2.24, 2.45) is 7.05 Å². The molecule has 3 rings (SSSR count). The van der Waals surface area contributed by atoms with Gasteiger partial charge in [-0.1, -0.05) is 11.8 Å². The molecular weight excluding hydrogens is 361 g/mol. The van der Waals surface area contributed by atoms with Crippen LogP contribution >= 0.6 is 23.1 Å². The summed E-state index contributed by atoms with van der Waals surface area (Å²) in [5, 5.41) is 3.82. The van der Waals surface area contributed by atoms with Gasteiger partial charge in [-0.05, 0) is 43.7 Å². The normalized spacial score (nSPS) is 11.0. The molecule has 0 bridgehead atoms. The van der Waals surface area contributed by atoms with E-state index >= 15 is 0 Å². The first-order chi connectivity index (χ1) is 11.9. The van der Waals surface area contributed by atoms with Gasteiger partial charge in [0.05, 0.1) is 11.1 Å². The van der Waals surface area contributed by atoms with E-state index in [2.05, 4.69) is 10.3 Å². The second-order valence-electron chi connectivity index (χ2n) is 5.57. The molecule has 8 heteroatoms. The molecule has 0 saturated heterocycles. The van der Waals surface area contributed by atoms with Gasteiger partial charge in [-0.25, -0.2) is 9.37 Å². The summed E-state index contributed by atoms with van der Waals surface area (Å²) in [5.74, 6) is -0.502. The van der Waals surface area contributed by atoms with Gasteiger partial charge in [-0.3, -0.25) is 14.2 Å². The molecule has 0 fully saturated rings. The number of carbonyl (C=O) groups excluding carboxylic acids is 1. The van der Waals surface area contributed by atoms with Crippen LogP contribution in [0.2, 0.25) is 0 Å². The maximum absolute atomic E-state index is 12.9. The second-order valence-corrected chi connectivity index (χ2v) is 7.71. The number of anilines is 1. The van der Waals surface area contributed by atoms with Crippen molar-refractivity contribution < 1.29 is 9.18 Å². The number of thiophene rings is 1. The van der Waals surface area contributed by atoms with E-state index in [1.165, 1.54) is 51.9 Å². The molecule has 0 spiro atoms. The zero-order valence-electron chi connectivity index (χ0n) is 13.9. The van der Waals surface area contributed by atoms with Crippen molar-refractivity contribution in [1.82, 2.24) is 9.55 Å². The summed E-state index contributed by atoms with van der Waals surface area (Å²) in [7, 11) is 1.65. The van der Waals surface area contributed by atoms with Gasteiger partial charge in [0.25, 0.3) is 5.56 Å². The molecule has 0 unspecified atom stereocenters. The third kappa shape index (κ3) is 3.59. The number of fused-ring (bicyclic) bond motifs is 1. The van der Waals surface area contributed by atoms with Gasteiger partial charge in [0.15, 0.2) is 5.16 Å². The topological polar surface area (TPSA) is 64.0 Å². The largest absolute Gasteiger partial charge is 0.325 e. The van der Waals surface area contributed by atoms with E-state index in [9.17, 15) is 14.0 Å². The number of aromatic nitrogens is 2. The molecule has 0 aliphatic heterocycles. The molecule has 5 nitrogen and oxygen atoms in total. The third-order valence-electron chi connectivity index (χ3n) is 3.83. The summed E-state index contributed by atoms with van der Waals surface area (Å²) in [6, 6.07) is 5.55. The highest BCUT2D eigenvalue weighted by Gasteiger charge is 2.15. The van der Waals surface area contributed by atoms with Gasteiger partial charge in [-0.15, -0.1) is 11.3 Å². The minimum absolute atomic E-state index is 0.103. The predicted octanol–water partition coefficient (Wildman–Crippen LogP) is 3.48. The quantitative estimate of drug-likeness (QED) is 0.558. The molecule has 1 N–H and O–H groups in total. The van der Waals surface area contributed by atoms with E-state index in [1.54, 1.807) is 7.05 Å². The summed E-state index contributed by atoms with van der Waals surface area (Å²) in [6.07, 6.45) is 0. The maximum atomic E-state index is 12.9. The zero-order valence-corrected chi connectivity index (χ0v) is 15.6. The maximum Gasteiger partial charge on any atom is 0.262 e. The Morgan fingerprint density at radius 3 is 2.68 bits per heavy atom. The van der Waals surface area contributed by atoms with Gasteiger partial charge in [-0.2, -0.15) is 0 Å². The summed E-state index contributed by atoms with van der Waals surface area (Å²) in [6.45, 7) is 3.88. The van der Waals surface area contributed by atoms with E-state index in [4.69, 9.17) is 0 Å². The van der Waals surface area contributed by atoms with Crippen molar-refractivity contribution in [1.29, 1.82) is 0 Å². The molecule has 1 amide bonds. The predicted molar refractivity (Wildman–Crippen MR) is 100 cm³/mol. The fourth-order valence-corrected chi connectivity index (χ4v) is 4.19. The van der Waals surface area contributed by atoms with Crippen LogP contribution < -0.4 is 10.9 Å². The Morgan fingerprint density at radius 2 is 2.00 bits per heavy atom. The molecule has 25 heavy (non-hydrogen) atoms. The average Bonchev–Trinajstić information content (AvgIpc) is 2.86. The lowest BCUT2D eigenvalue weighted by Crippen LogP contribution is -2.21. The second kappa shape index (κ2) is 6.97. The molecule has 0 aliphatic carbocycles. The average molecular weight is 377 g/mol. The first kappa shape index (κ1) is 17.6. The fourth-order valence-electron chi connectivity index (χ4n) is 2.35. The minimum Gasteiger partial charge on any atom is -0.325 e. The van der Waals surface area contributed by atoms with Crippen LogP contribution in [-0.2, 0) is 11.8 Å². The number of rotatable bonds is 4. The summed E-state index contributed by atoms with van der Waals surface area (Å²) >= 11 is 2.67. The number of amides is 1. The van der Waals surface area contributed by atoms with E-state index < -0.39 is 0 Å². The van der Waals surface area contributed by atoms with Crippen molar-refractivity contribution in [3.8, 4) is 0 Å². The number of thioether (sulfide) groups is 1. The molecular formula is C17H16FN3O2S2. The summed E-state index contributed by atoms with van der Waals surface area (Å²) in [5.41, 5.74) is 1.38. The third-order valence-corrected chi connectivity index (χ3v) is 5.96. The van der Waals surface area contributed by atoms with E-state index in [-0.39, 0.29) is 23.0 Å². The van der Waals surface area contributed by atoms with Crippen LogP contribution in [-0.4, -0.2) is 21.2 Å². The molecule has 0 saturated carbocycles.